The van der Waals surface area contributed by atoms with Crippen molar-refractivity contribution in [2.45, 2.75) is 4.90 Å². The zero-order chi connectivity index (χ0) is 19.2. The molecule has 7 nitrogen and oxygen atoms in total. The van der Waals surface area contributed by atoms with Crippen LogP contribution in [0.25, 0.3) is 6.08 Å². The number of hydrogen-bond acceptors (Lipinski definition) is 5. The van der Waals surface area contributed by atoms with E-state index in [1.165, 1.54) is 30.3 Å². The Morgan fingerprint density at radius 3 is 2.38 bits per heavy atom. The number of hydrogen-bond donors (Lipinski definition) is 2. The molecule has 0 aromatic heterocycles. The third kappa shape index (κ3) is 5.99. The van der Waals surface area contributed by atoms with E-state index in [0.29, 0.717) is 16.3 Å². The molecular formula is C17H15ClN2O5S. The Balaban J connectivity index is 1.85. The number of carbonyl (C=O) groups is 2. The summed E-state index contributed by atoms with van der Waals surface area (Å²) < 4.78 is 27.1. The third-order valence-electron chi connectivity index (χ3n) is 3.12. The van der Waals surface area contributed by atoms with E-state index >= 15 is 0 Å². The number of carbonyl (C=O) groups excluding carboxylic acids is 2. The zero-order valence-corrected chi connectivity index (χ0v) is 15.0. The smallest absolute Gasteiger partial charge is 0.331 e. The van der Waals surface area contributed by atoms with Crippen LogP contribution in [0.1, 0.15) is 5.56 Å². The lowest BCUT2D eigenvalue weighted by Gasteiger charge is -2.06. The summed E-state index contributed by atoms with van der Waals surface area (Å²) in [5.41, 5.74) is 0.982. The lowest BCUT2D eigenvalue weighted by Crippen LogP contribution is -2.20. The number of rotatable bonds is 6. The molecule has 26 heavy (non-hydrogen) atoms. The summed E-state index contributed by atoms with van der Waals surface area (Å²) in [6.07, 6.45) is 2.64. The van der Waals surface area contributed by atoms with Crippen molar-refractivity contribution in [2.75, 3.05) is 11.9 Å². The maximum atomic E-state index is 11.8. The molecule has 2 aromatic rings. The molecule has 1 amide bonds. The van der Waals surface area contributed by atoms with Crippen molar-refractivity contribution in [1.82, 2.24) is 0 Å². The van der Waals surface area contributed by atoms with Gasteiger partial charge < -0.3 is 10.1 Å². The molecule has 0 aliphatic heterocycles. The first-order valence-electron chi connectivity index (χ1n) is 7.28. The van der Waals surface area contributed by atoms with E-state index in [1.54, 1.807) is 24.3 Å². The summed E-state index contributed by atoms with van der Waals surface area (Å²) in [7, 11) is -3.80. The molecule has 2 aromatic carbocycles. The fourth-order valence-electron chi connectivity index (χ4n) is 1.88. The lowest BCUT2D eigenvalue weighted by molar-refractivity contribution is -0.142. The molecule has 9 heteroatoms. The van der Waals surface area contributed by atoms with Crippen LogP contribution in [0, 0.1) is 0 Å². The van der Waals surface area contributed by atoms with Crippen LogP contribution in [0.5, 0.6) is 0 Å². The highest BCUT2D eigenvalue weighted by molar-refractivity contribution is 7.89. The number of anilines is 1. The van der Waals surface area contributed by atoms with Crippen molar-refractivity contribution in [1.29, 1.82) is 0 Å². The predicted molar refractivity (Wildman–Crippen MR) is 97.9 cm³/mol. The van der Waals surface area contributed by atoms with Gasteiger partial charge in [0.2, 0.25) is 10.0 Å². The third-order valence-corrected chi connectivity index (χ3v) is 4.39. The molecule has 3 N–H and O–H groups in total. The van der Waals surface area contributed by atoms with E-state index in [2.05, 4.69) is 5.32 Å². The van der Waals surface area contributed by atoms with Gasteiger partial charge in [-0.1, -0.05) is 29.8 Å². The molecule has 136 valence electrons. The number of halogens is 1. The fourth-order valence-corrected chi connectivity index (χ4v) is 2.59. The second kappa shape index (κ2) is 8.61. The van der Waals surface area contributed by atoms with Crippen LogP contribution in [0.2, 0.25) is 5.02 Å². The van der Waals surface area contributed by atoms with Gasteiger partial charge in [-0.2, -0.15) is 0 Å². The van der Waals surface area contributed by atoms with Gasteiger partial charge in [-0.3, -0.25) is 4.79 Å². The summed E-state index contributed by atoms with van der Waals surface area (Å²) in [4.78, 5) is 23.3. The molecule has 2 rings (SSSR count). The molecule has 0 unspecified atom stereocenters. The van der Waals surface area contributed by atoms with Crippen LogP contribution in [-0.4, -0.2) is 26.9 Å². The Hall–Kier alpha value is -2.68. The number of nitrogens with one attached hydrogen (secondary N) is 1. The highest BCUT2D eigenvalue weighted by atomic mass is 35.5. The van der Waals surface area contributed by atoms with Crippen molar-refractivity contribution in [3.05, 3.63) is 65.2 Å². The number of amides is 1. The zero-order valence-electron chi connectivity index (χ0n) is 13.4. The Bertz CT molecular complexity index is 940. The quantitative estimate of drug-likeness (QED) is 0.575. The molecule has 0 heterocycles. The Kier molecular flexibility index (Phi) is 6.51. The van der Waals surface area contributed by atoms with Gasteiger partial charge in [-0.15, -0.1) is 0 Å². The normalized spacial score (nSPS) is 11.3. The van der Waals surface area contributed by atoms with Crippen molar-refractivity contribution >= 4 is 45.3 Å². The van der Waals surface area contributed by atoms with E-state index in [4.69, 9.17) is 21.5 Å². The molecule has 0 atom stereocenters. The van der Waals surface area contributed by atoms with Crippen LogP contribution in [0.4, 0.5) is 5.69 Å². The first-order valence-corrected chi connectivity index (χ1v) is 9.20. The predicted octanol–water partition coefficient (Wildman–Crippen LogP) is 2.18. The van der Waals surface area contributed by atoms with E-state index in [1.807, 2.05) is 0 Å². The van der Waals surface area contributed by atoms with E-state index in [0.717, 1.165) is 6.08 Å². The minimum atomic E-state index is -3.80. The fraction of sp³-hybridized carbons (Fsp3) is 0.0588. The molecule has 0 bridgehead atoms. The van der Waals surface area contributed by atoms with Gasteiger partial charge >= 0.3 is 5.97 Å². The number of nitrogens with two attached hydrogens (primary N) is 1. The first-order chi connectivity index (χ1) is 12.3. The van der Waals surface area contributed by atoms with E-state index in [9.17, 15) is 18.0 Å². The molecule has 0 aliphatic rings. The van der Waals surface area contributed by atoms with Crippen LogP contribution < -0.4 is 10.5 Å². The first kappa shape index (κ1) is 19.6. The number of sulfonamides is 1. The highest BCUT2D eigenvalue weighted by Gasteiger charge is 2.09. The summed E-state index contributed by atoms with van der Waals surface area (Å²) in [6.45, 7) is -0.497. The number of benzene rings is 2. The van der Waals surface area contributed by atoms with Gasteiger partial charge in [-0.05, 0) is 42.0 Å². The van der Waals surface area contributed by atoms with Crippen LogP contribution in [0.3, 0.4) is 0 Å². The highest BCUT2D eigenvalue weighted by Crippen LogP contribution is 2.16. The van der Waals surface area contributed by atoms with Gasteiger partial charge in [0.15, 0.2) is 6.61 Å². The van der Waals surface area contributed by atoms with E-state index in [-0.39, 0.29) is 4.90 Å². The molecule has 0 fully saturated rings. The summed E-state index contributed by atoms with van der Waals surface area (Å²) in [5, 5.41) is 7.93. The average molecular weight is 395 g/mol. The maximum Gasteiger partial charge on any atom is 0.331 e. The average Bonchev–Trinajstić information content (AvgIpc) is 2.59. The van der Waals surface area contributed by atoms with Crippen molar-refractivity contribution in [3.8, 4) is 0 Å². The Labute approximate surface area is 155 Å². The standard InChI is InChI=1S/C17H15ClN2O5S/c18-15-4-2-1-3-12(15)5-10-17(22)25-11-16(21)20-13-6-8-14(9-7-13)26(19,23)24/h1-10H,11H2,(H,20,21)(H2,19,23,24)/b10-5+. The molecular weight excluding hydrogens is 380 g/mol. The number of esters is 1. The molecule has 0 aliphatic carbocycles. The van der Waals surface area contributed by atoms with Crippen LogP contribution in [0.15, 0.2) is 59.5 Å². The SMILES string of the molecule is NS(=O)(=O)c1ccc(NC(=O)COC(=O)/C=C/c2ccccc2Cl)cc1. The van der Waals surface area contributed by atoms with Crippen LogP contribution in [-0.2, 0) is 24.3 Å². The van der Waals surface area contributed by atoms with Gasteiger partial charge in [0, 0.05) is 16.8 Å². The van der Waals surface area contributed by atoms with Gasteiger partial charge in [-0.25, -0.2) is 18.4 Å². The number of ether oxygens (including phenoxy) is 1. The van der Waals surface area contributed by atoms with E-state index < -0.39 is 28.5 Å². The van der Waals surface area contributed by atoms with Gasteiger partial charge in [0.05, 0.1) is 4.90 Å². The molecule has 0 saturated carbocycles. The maximum absolute atomic E-state index is 11.8. The Morgan fingerprint density at radius 1 is 1.12 bits per heavy atom. The number of primary sulfonamides is 1. The topological polar surface area (TPSA) is 116 Å². The summed E-state index contributed by atoms with van der Waals surface area (Å²) in [5.74, 6) is -1.28. The largest absolute Gasteiger partial charge is 0.452 e. The second-order valence-corrected chi connectivity index (χ2v) is 7.05. The monoisotopic (exact) mass is 394 g/mol. The van der Waals surface area contributed by atoms with Gasteiger partial charge in [0.25, 0.3) is 5.91 Å². The van der Waals surface area contributed by atoms with Crippen molar-refractivity contribution < 1.29 is 22.7 Å². The van der Waals surface area contributed by atoms with Crippen molar-refractivity contribution in [2.24, 2.45) is 5.14 Å². The minimum absolute atomic E-state index is 0.0772. The van der Waals surface area contributed by atoms with Crippen LogP contribution >= 0.6 is 11.6 Å². The second-order valence-electron chi connectivity index (χ2n) is 5.08. The lowest BCUT2D eigenvalue weighted by atomic mass is 10.2. The van der Waals surface area contributed by atoms with Gasteiger partial charge in [0.1, 0.15) is 0 Å². The van der Waals surface area contributed by atoms with Crippen molar-refractivity contribution in [3.63, 3.8) is 0 Å². The molecule has 0 radical (unpaired) electrons. The molecule has 0 spiro atoms. The summed E-state index contributed by atoms with van der Waals surface area (Å²) >= 11 is 5.95. The molecule has 0 saturated heterocycles. The summed E-state index contributed by atoms with van der Waals surface area (Å²) in [6, 6.07) is 12.2. The minimum Gasteiger partial charge on any atom is -0.452 e. The Morgan fingerprint density at radius 2 is 1.77 bits per heavy atom.